The Balaban J connectivity index is 2.18. The molecule has 1 saturated carbocycles. The highest BCUT2D eigenvalue weighted by molar-refractivity contribution is 9.10. The van der Waals surface area contributed by atoms with Gasteiger partial charge in [0, 0.05) is 32.6 Å². The Labute approximate surface area is 117 Å². The zero-order valence-corrected chi connectivity index (χ0v) is 12.6. The number of anilines is 1. The van der Waals surface area contributed by atoms with Crippen molar-refractivity contribution in [3.8, 4) is 0 Å². The third kappa shape index (κ3) is 3.42. The molecule has 18 heavy (non-hydrogen) atoms. The maximum Gasteiger partial charge on any atom is 0.144 e. The molecule has 0 radical (unpaired) electrons. The van der Waals surface area contributed by atoms with Crippen LogP contribution in [0.15, 0.2) is 4.47 Å². The summed E-state index contributed by atoms with van der Waals surface area (Å²) in [7, 11) is 1.72. The van der Waals surface area contributed by atoms with E-state index in [2.05, 4.69) is 33.2 Å². The first-order chi connectivity index (χ1) is 8.76. The predicted octanol–water partition coefficient (Wildman–Crippen LogP) is 3.13. The number of hydrogen-bond acceptors (Lipinski definition) is 4. The minimum atomic E-state index is 0.626. The van der Waals surface area contributed by atoms with Crippen LogP contribution in [0.4, 0.5) is 5.82 Å². The summed E-state index contributed by atoms with van der Waals surface area (Å²) in [5.41, 5.74) is 1.17. The molecule has 1 heterocycles. The van der Waals surface area contributed by atoms with E-state index in [1.54, 1.807) is 7.11 Å². The Morgan fingerprint density at radius 1 is 1.39 bits per heavy atom. The largest absolute Gasteiger partial charge is 0.385 e. The molecule has 2 rings (SSSR count). The summed E-state index contributed by atoms with van der Waals surface area (Å²) in [6, 6.07) is 0. The van der Waals surface area contributed by atoms with Crippen LogP contribution in [0.2, 0.25) is 0 Å². The lowest BCUT2D eigenvalue weighted by Gasteiger charge is -2.11. The van der Waals surface area contributed by atoms with E-state index in [0.717, 1.165) is 42.1 Å². The summed E-state index contributed by atoms with van der Waals surface area (Å²) < 4.78 is 6.12. The second-order valence-corrected chi connectivity index (χ2v) is 5.38. The topological polar surface area (TPSA) is 47.0 Å². The Morgan fingerprint density at radius 2 is 2.17 bits per heavy atom. The predicted molar refractivity (Wildman–Crippen MR) is 76.1 cm³/mol. The van der Waals surface area contributed by atoms with Gasteiger partial charge < -0.3 is 10.1 Å². The molecule has 100 valence electrons. The highest BCUT2D eigenvalue weighted by Gasteiger charge is 2.29. The van der Waals surface area contributed by atoms with Crippen molar-refractivity contribution in [3.05, 3.63) is 16.0 Å². The molecule has 5 heteroatoms. The molecule has 0 spiro atoms. The lowest BCUT2D eigenvalue weighted by atomic mass is 10.2. The van der Waals surface area contributed by atoms with Crippen molar-refractivity contribution >= 4 is 21.7 Å². The molecule has 1 aromatic rings. The van der Waals surface area contributed by atoms with E-state index < -0.39 is 0 Å². The fourth-order valence-electron chi connectivity index (χ4n) is 1.91. The number of nitrogens with zero attached hydrogens (tertiary/aromatic N) is 2. The molecule has 1 aliphatic carbocycles. The van der Waals surface area contributed by atoms with E-state index in [1.807, 2.05) is 0 Å². The van der Waals surface area contributed by atoms with E-state index in [1.165, 1.54) is 18.5 Å². The average molecular weight is 314 g/mol. The molecule has 4 nitrogen and oxygen atoms in total. The number of ether oxygens (including phenoxy) is 1. The van der Waals surface area contributed by atoms with Crippen LogP contribution < -0.4 is 5.32 Å². The molecule has 0 atom stereocenters. The van der Waals surface area contributed by atoms with Crippen molar-refractivity contribution in [2.24, 2.45) is 0 Å². The van der Waals surface area contributed by atoms with Crippen molar-refractivity contribution in [1.82, 2.24) is 9.97 Å². The van der Waals surface area contributed by atoms with Gasteiger partial charge in [0.2, 0.25) is 0 Å². The van der Waals surface area contributed by atoms with Gasteiger partial charge in [0.15, 0.2) is 0 Å². The zero-order chi connectivity index (χ0) is 13.0. The third-order valence-electron chi connectivity index (χ3n) is 2.98. The Kier molecular flexibility index (Phi) is 4.95. The number of methoxy groups -OCH3 is 1. The van der Waals surface area contributed by atoms with Crippen LogP contribution >= 0.6 is 15.9 Å². The number of nitrogens with one attached hydrogen (secondary N) is 1. The Hall–Kier alpha value is -0.680. The van der Waals surface area contributed by atoms with E-state index in [0.29, 0.717) is 5.92 Å². The number of aromatic nitrogens is 2. The molecule has 1 aliphatic rings. The first-order valence-corrected chi connectivity index (χ1v) is 7.34. The zero-order valence-electron chi connectivity index (χ0n) is 11.0. The van der Waals surface area contributed by atoms with Gasteiger partial charge >= 0.3 is 0 Å². The Morgan fingerprint density at radius 3 is 2.78 bits per heavy atom. The van der Waals surface area contributed by atoms with Gasteiger partial charge in [-0.25, -0.2) is 9.97 Å². The van der Waals surface area contributed by atoms with Crippen molar-refractivity contribution in [3.63, 3.8) is 0 Å². The van der Waals surface area contributed by atoms with Gasteiger partial charge in [-0.1, -0.05) is 0 Å². The Bertz CT molecular complexity index is 407. The SMILES string of the molecule is CCNc1nc(CCCOC)nc(C2CC2)c1Br. The molecule has 0 aromatic carbocycles. The summed E-state index contributed by atoms with van der Waals surface area (Å²) in [4.78, 5) is 9.28. The van der Waals surface area contributed by atoms with Gasteiger partial charge in [0.25, 0.3) is 0 Å². The average Bonchev–Trinajstić information content (AvgIpc) is 3.17. The van der Waals surface area contributed by atoms with Crippen LogP contribution in [0.5, 0.6) is 0 Å². The summed E-state index contributed by atoms with van der Waals surface area (Å²) >= 11 is 3.63. The quantitative estimate of drug-likeness (QED) is 0.786. The number of halogens is 1. The van der Waals surface area contributed by atoms with Crippen LogP contribution in [0, 0.1) is 0 Å². The first-order valence-electron chi connectivity index (χ1n) is 6.55. The number of aryl methyl sites for hydroxylation is 1. The van der Waals surface area contributed by atoms with Gasteiger partial charge in [-0.3, -0.25) is 0 Å². The summed E-state index contributed by atoms with van der Waals surface area (Å²) in [6.07, 6.45) is 4.34. The lowest BCUT2D eigenvalue weighted by Crippen LogP contribution is -2.08. The maximum atomic E-state index is 5.07. The monoisotopic (exact) mass is 313 g/mol. The van der Waals surface area contributed by atoms with E-state index >= 15 is 0 Å². The second kappa shape index (κ2) is 6.48. The molecule has 1 fully saturated rings. The van der Waals surface area contributed by atoms with Crippen LogP contribution in [-0.2, 0) is 11.2 Å². The second-order valence-electron chi connectivity index (χ2n) is 4.59. The van der Waals surface area contributed by atoms with Crippen LogP contribution in [-0.4, -0.2) is 30.2 Å². The number of rotatable bonds is 7. The van der Waals surface area contributed by atoms with Gasteiger partial charge in [-0.2, -0.15) is 0 Å². The van der Waals surface area contributed by atoms with Crippen LogP contribution in [0.25, 0.3) is 0 Å². The van der Waals surface area contributed by atoms with Crippen molar-refractivity contribution < 1.29 is 4.74 Å². The van der Waals surface area contributed by atoms with E-state index in [-0.39, 0.29) is 0 Å². The molecule has 0 unspecified atom stereocenters. The summed E-state index contributed by atoms with van der Waals surface area (Å²) in [5, 5.41) is 3.30. The molecule has 0 aliphatic heterocycles. The molecule has 0 amide bonds. The van der Waals surface area contributed by atoms with Gasteiger partial charge in [-0.15, -0.1) is 0 Å². The van der Waals surface area contributed by atoms with Crippen molar-refractivity contribution in [2.45, 2.75) is 38.5 Å². The standard InChI is InChI=1S/C13H20BrN3O/c1-3-15-13-11(14)12(9-6-7-9)16-10(17-13)5-4-8-18-2/h9H,3-8H2,1-2H3,(H,15,16,17). The van der Waals surface area contributed by atoms with E-state index in [9.17, 15) is 0 Å². The van der Waals surface area contributed by atoms with Crippen LogP contribution in [0.3, 0.4) is 0 Å². The molecular formula is C13H20BrN3O. The highest BCUT2D eigenvalue weighted by Crippen LogP contribution is 2.43. The molecule has 1 aromatic heterocycles. The van der Waals surface area contributed by atoms with Crippen molar-refractivity contribution in [2.75, 3.05) is 25.6 Å². The first kappa shape index (κ1) is 13.7. The van der Waals surface area contributed by atoms with Gasteiger partial charge in [-0.05, 0) is 42.1 Å². The molecular weight excluding hydrogens is 294 g/mol. The minimum absolute atomic E-state index is 0.626. The normalized spacial score (nSPS) is 14.8. The van der Waals surface area contributed by atoms with Crippen LogP contribution in [0.1, 0.15) is 43.6 Å². The lowest BCUT2D eigenvalue weighted by molar-refractivity contribution is 0.194. The summed E-state index contributed by atoms with van der Waals surface area (Å²) in [5.74, 6) is 2.48. The van der Waals surface area contributed by atoms with Crippen molar-refractivity contribution in [1.29, 1.82) is 0 Å². The van der Waals surface area contributed by atoms with Gasteiger partial charge in [0.1, 0.15) is 11.6 Å². The van der Waals surface area contributed by atoms with E-state index in [4.69, 9.17) is 9.72 Å². The molecule has 0 bridgehead atoms. The summed E-state index contributed by atoms with van der Waals surface area (Å²) in [6.45, 7) is 3.71. The fourth-order valence-corrected chi connectivity index (χ4v) is 2.55. The highest BCUT2D eigenvalue weighted by atomic mass is 79.9. The smallest absolute Gasteiger partial charge is 0.144 e. The fraction of sp³-hybridized carbons (Fsp3) is 0.692. The molecule has 0 saturated heterocycles. The maximum absolute atomic E-state index is 5.07. The minimum Gasteiger partial charge on any atom is -0.385 e. The number of hydrogen-bond donors (Lipinski definition) is 1. The van der Waals surface area contributed by atoms with Gasteiger partial charge in [0.05, 0.1) is 10.2 Å². The third-order valence-corrected chi connectivity index (χ3v) is 3.76. The molecule has 1 N–H and O–H groups in total.